The third kappa shape index (κ3) is 7.66. The second-order valence-electron chi connectivity index (χ2n) is 14.3. The minimum Gasteiger partial charge on any atom is -0.490 e. The molecule has 2 spiro atoms. The van der Waals surface area contributed by atoms with Crippen LogP contribution in [0.2, 0.25) is 0 Å². The van der Waals surface area contributed by atoms with Crippen molar-refractivity contribution in [2.24, 2.45) is 27.6 Å². The molecule has 2 aromatic rings. The minimum atomic E-state index is -0.932. The maximum atomic E-state index is 13.3. The fourth-order valence-corrected chi connectivity index (χ4v) is 10.1. The Balaban J connectivity index is 0.000000220. The summed E-state index contributed by atoms with van der Waals surface area (Å²) in [5.74, 6) is 2.90. The predicted octanol–water partition coefficient (Wildman–Crippen LogP) is 9.15. The summed E-state index contributed by atoms with van der Waals surface area (Å²) in [6, 6.07) is 11.8. The summed E-state index contributed by atoms with van der Waals surface area (Å²) in [5.41, 5.74) is 5.96. The Hall–Kier alpha value is -1.88. The van der Waals surface area contributed by atoms with E-state index in [-0.39, 0.29) is 67.5 Å². The largest absolute Gasteiger partial charge is 0.490 e. The summed E-state index contributed by atoms with van der Waals surface area (Å²) in [6.07, 6.45) is 15.6. The predicted molar refractivity (Wildman–Crippen MR) is 228 cm³/mol. The molecule has 10 nitrogen and oxygen atoms in total. The first kappa shape index (κ1) is 42.9. The summed E-state index contributed by atoms with van der Waals surface area (Å²) in [4.78, 5) is 39.1. The van der Waals surface area contributed by atoms with E-state index in [4.69, 9.17) is 20.2 Å². The first-order valence-electron chi connectivity index (χ1n) is 17.5. The number of thioether (sulfide) groups is 1. The van der Waals surface area contributed by atoms with Crippen LogP contribution in [0.5, 0.6) is 11.5 Å². The van der Waals surface area contributed by atoms with Crippen molar-refractivity contribution in [3.63, 3.8) is 0 Å². The van der Waals surface area contributed by atoms with Gasteiger partial charge in [-0.05, 0) is 80.2 Å². The SMILES string of the molecule is C.CN1C(=O)C2(CC(C3CCCCC3)Oc3ccc(Br)cc32)N=C1N.CSC1=NC2(CC(C3CCCCC3)Oc3ccc(Br)cc32)C(=O)N1C.I.N. The molecule has 4 aliphatic heterocycles. The van der Waals surface area contributed by atoms with Crippen LogP contribution >= 0.6 is 67.6 Å². The number of carbonyl (C=O) groups excluding carboxylic acids is 2. The van der Waals surface area contributed by atoms with Gasteiger partial charge in [-0.1, -0.05) is 89.6 Å². The van der Waals surface area contributed by atoms with Gasteiger partial charge in [0.25, 0.3) is 11.8 Å². The van der Waals surface area contributed by atoms with E-state index in [1.54, 1.807) is 11.9 Å². The molecule has 2 aliphatic carbocycles. The van der Waals surface area contributed by atoms with E-state index in [2.05, 4.69) is 36.9 Å². The molecule has 14 heteroatoms. The average molecular weight is 977 g/mol. The number of amidine groups is 1. The fourth-order valence-electron chi connectivity index (χ4n) is 8.76. The van der Waals surface area contributed by atoms with E-state index in [0.29, 0.717) is 24.7 Å². The van der Waals surface area contributed by atoms with Gasteiger partial charge in [0.05, 0.1) is 0 Å². The van der Waals surface area contributed by atoms with Gasteiger partial charge >= 0.3 is 0 Å². The summed E-state index contributed by atoms with van der Waals surface area (Å²) in [5, 5.41) is 0.792. The Morgan fingerprint density at radius 1 is 0.750 bits per heavy atom. The molecule has 6 aliphatic rings. The van der Waals surface area contributed by atoms with Gasteiger partial charge in [0.1, 0.15) is 23.7 Å². The molecule has 4 unspecified atom stereocenters. The molecule has 2 saturated carbocycles. The van der Waals surface area contributed by atoms with Crippen molar-refractivity contribution in [1.82, 2.24) is 16.0 Å². The molecular weight excluding hydrogens is 923 g/mol. The van der Waals surface area contributed by atoms with Crippen molar-refractivity contribution in [2.75, 3.05) is 20.4 Å². The maximum Gasteiger partial charge on any atom is 0.261 e. The highest BCUT2D eigenvalue weighted by atomic mass is 127. The van der Waals surface area contributed by atoms with Crippen LogP contribution in [-0.2, 0) is 20.7 Å². The van der Waals surface area contributed by atoms with E-state index in [9.17, 15) is 9.59 Å². The normalized spacial score (nSPS) is 28.2. The third-order valence-corrected chi connectivity index (χ3v) is 13.1. The van der Waals surface area contributed by atoms with Gasteiger partial charge in [0.2, 0.25) is 0 Å². The molecule has 4 heterocycles. The van der Waals surface area contributed by atoms with Crippen molar-refractivity contribution in [1.29, 1.82) is 0 Å². The average Bonchev–Trinajstić information content (AvgIpc) is 3.49. The first-order valence-corrected chi connectivity index (χ1v) is 20.4. The van der Waals surface area contributed by atoms with Crippen LogP contribution in [0.1, 0.15) is 95.6 Å². The zero-order valence-corrected chi connectivity index (χ0v) is 35.9. The first-order chi connectivity index (χ1) is 23.6. The number of guanidine groups is 1. The summed E-state index contributed by atoms with van der Waals surface area (Å²) >= 11 is 8.58. The number of ether oxygens (including phenoxy) is 2. The molecular formula is C38H53Br2IN6O4S. The molecule has 8 rings (SSSR count). The Morgan fingerprint density at radius 2 is 1.17 bits per heavy atom. The van der Waals surface area contributed by atoms with E-state index in [0.717, 1.165) is 49.6 Å². The zero-order chi connectivity index (χ0) is 34.5. The van der Waals surface area contributed by atoms with E-state index >= 15 is 0 Å². The summed E-state index contributed by atoms with van der Waals surface area (Å²) in [7, 11) is 3.52. The van der Waals surface area contributed by atoms with Crippen LogP contribution in [0.4, 0.5) is 0 Å². The van der Waals surface area contributed by atoms with Crippen molar-refractivity contribution < 1.29 is 19.1 Å². The topological polar surface area (TPSA) is 145 Å². The highest BCUT2D eigenvalue weighted by Crippen LogP contribution is 2.51. The van der Waals surface area contributed by atoms with Crippen LogP contribution in [0.15, 0.2) is 55.3 Å². The monoisotopic (exact) mass is 974 g/mol. The zero-order valence-electron chi connectivity index (χ0n) is 29.5. The number of nitrogens with zero attached hydrogens (tertiary/aromatic N) is 4. The fraction of sp³-hybridized carbons (Fsp3) is 0.579. The van der Waals surface area contributed by atoms with Gasteiger partial charge in [0, 0.05) is 47.0 Å². The number of likely N-dealkylation sites (N-methyl/N-ethyl adjacent to an activating group) is 2. The van der Waals surface area contributed by atoms with Crippen LogP contribution < -0.4 is 21.4 Å². The number of aliphatic imine (C=N–C) groups is 2. The molecule has 0 saturated heterocycles. The maximum absolute atomic E-state index is 13.3. The smallest absolute Gasteiger partial charge is 0.261 e. The second kappa shape index (κ2) is 17.3. The van der Waals surface area contributed by atoms with Gasteiger partial charge in [0.15, 0.2) is 22.2 Å². The molecule has 0 aromatic heterocycles. The summed E-state index contributed by atoms with van der Waals surface area (Å²) in [6.45, 7) is 0. The second-order valence-corrected chi connectivity index (χ2v) is 16.9. The molecule has 2 fully saturated rings. The molecule has 0 bridgehead atoms. The van der Waals surface area contributed by atoms with Crippen LogP contribution in [0.3, 0.4) is 0 Å². The molecule has 0 radical (unpaired) electrons. The van der Waals surface area contributed by atoms with E-state index in [1.807, 2.05) is 49.7 Å². The van der Waals surface area contributed by atoms with Crippen molar-refractivity contribution in [3.8, 4) is 11.5 Å². The van der Waals surface area contributed by atoms with E-state index < -0.39 is 11.1 Å². The lowest BCUT2D eigenvalue weighted by atomic mass is 9.75. The third-order valence-electron chi connectivity index (χ3n) is 11.4. The number of hydrogen-bond donors (Lipinski definition) is 2. The number of hydrogen-bond acceptors (Lipinski definition) is 9. The van der Waals surface area contributed by atoms with Crippen molar-refractivity contribution in [2.45, 2.75) is 108 Å². The van der Waals surface area contributed by atoms with Gasteiger partial charge in [-0.25, -0.2) is 9.98 Å². The van der Waals surface area contributed by atoms with Gasteiger partial charge < -0.3 is 21.4 Å². The molecule has 5 N–H and O–H groups in total. The van der Waals surface area contributed by atoms with Crippen LogP contribution in [0.25, 0.3) is 0 Å². The lowest BCUT2D eigenvalue weighted by Gasteiger charge is -2.41. The number of carbonyl (C=O) groups is 2. The molecule has 286 valence electrons. The Labute approximate surface area is 346 Å². The number of benzene rings is 2. The van der Waals surface area contributed by atoms with E-state index in [1.165, 1.54) is 68.0 Å². The lowest BCUT2D eigenvalue weighted by Crippen LogP contribution is -2.47. The number of halogens is 3. The Kier molecular flexibility index (Phi) is 14.2. The van der Waals surface area contributed by atoms with Crippen LogP contribution in [-0.4, -0.2) is 65.3 Å². The number of rotatable bonds is 2. The highest BCUT2D eigenvalue weighted by molar-refractivity contribution is 14.0. The quantitative estimate of drug-likeness (QED) is 0.286. The van der Waals surface area contributed by atoms with Crippen molar-refractivity contribution in [3.05, 3.63) is 56.5 Å². The molecule has 52 heavy (non-hydrogen) atoms. The van der Waals surface area contributed by atoms with Gasteiger partial charge in [-0.15, -0.1) is 24.0 Å². The Morgan fingerprint density at radius 3 is 1.56 bits per heavy atom. The van der Waals surface area contributed by atoms with Crippen LogP contribution in [0, 0.1) is 11.8 Å². The lowest BCUT2D eigenvalue weighted by molar-refractivity contribution is -0.133. The number of nitrogens with two attached hydrogens (primary N) is 1. The number of amides is 2. The Bertz CT molecular complexity index is 1700. The summed E-state index contributed by atoms with van der Waals surface area (Å²) < 4.78 is 14.6. The molecule has 2 aromatic carbocycles. The molecule has 2 amide bonds. The minimum absolute atomic E-state index is 0. The number of fused-ring (bicyclic) bond motifs is 4. The van der Waals surface area contributed by atoms with Gasteiger partial charge in [-0.3, -0.25) is 19.4 Å². The highest BCUT2D eigenvalue weighted by Gasteiger charge is 2.56. The van der Waals surface area contributed by atoms with Gasteiger partial charge in [-0.2, -0.15) is 0 Å². The standard InChI is InChI=1S/C19H23BrN2O2S.C18H22BrN3O2.CH4.HI.H3N/c1-22-17(23)19(21-18(22)25-2)11-16(12-6-4-3-5-7-12)24-15-9-8-13(20)10-14(15)19;1-22-16(23)18(21-17(22)20)10-15(11-5-3-2-4-6-11)24-14-8-7-12(19)9-13(14)18;;;/h8-10,12,16H,3-7,11H2,1-2H3;7-9,11,15H,2-6,10H2,1H3,(H2,20,21);1H4;1H;1H3. The van der Waals surface area contributed by atoms with Crippen molar-refractivity contribution >= 4 is 90.5 Å². The molecule has 4 atom stereocenters.